The van der Waals surface area contributed by atoms with Crippen molar-refractivity contribution in [3.63, 3.8) is 0 Å². The molecule has 7 amide bonds. The number of likely N-dealkylation sites (tertiary alicyclic amines) is 1. The van der Waals surface area contributed by atoms with Crippen molar-refractivity contribution in [3.05, 3.63) is 48.0 Å². The number of aliphatic hydroxyl groups is 1. The van der Waals surface area contributed by atoms with Crippen LogP contribution in [-0.2, 0) is 43.0 Å². The molecule has 0 spiro atoms. The van der Waals surface area contributed by atoms with Gasteiger partial charge in [-0.15, -0.1) is 0 Å². The van der Waals surface area contributed by atoms with Crippen molar-refractivity contribution in [1.29, 1.82) is 0 Å². The highest BCUT2D eigenvalue weighted by Crippen LogP contribution is 2.30. The molecule has 16 heteroatoms. The van der Waals surface area contributed by atoms with Gasteiger partial charge in [-0.25, -0.2) is 0 Å². The number of imide groups is 1. The van der Waals surface area contributed by atoms with E-state index in [-0.39, 0.29) is 79.3 Å². The number of nitrogens with one attached hydrogen (secondary N) is 2. The minimum Gasteiger partial charge on any atom is -0.386 e. The third-order valence-electron chi connectivity index (χ3n) is 12.6. The molecule has 1 aromatic rings. The molecule has 62 heavy (non-hydrogen) atoms. The first-order chi connectivity index (χ1) is 29.4. The monoisotopic (exact) mass is 869 g/mol. The number of amides is 7. The second-order valence-electron chi connectivity index (χ2n) is 17.2. The lowest BCUT2D eigenvalue weighted by Gasteiger charge is -2.39. The average Bonchev–Trinajstić information content (AvgIpc) is 3.87. The fourth-order valence-corrected chi connectivity index (χ4v) is 8.72. The van der Waals surface area contributed by atoms with Gasteiger partial charge in [-0.05, 0) is 50.0 Å². The van der Waals surface area contributed by atoms with E-state index in [9.17, 15) is 38.7 Å². The van der Waals surface area contributed by atoms with Crippen LogP contribution in [0.5, 0.6) is 0 Å². The third kappa shape index (κ3) is 13.7. The number of carbonyl (C=O) groups is 7. The molecule has 0 saturated carbocycles. The van der Waals surface area contributed by atoms with Crippen molar-refractivity contribution in [3.8, 4) is 0 Å². The van der Waals surface area contributed by atoms with E-state index < -0.39 is 48.3 Å². The Labute approximate surface area is 368 Å². The molecule has 1 saturated heterocycles. The highest BCUT2D eigenvalue weighted by molar-refractivity contribution is 6.12. The van der Waals surface area contributed by atoms with E-state index in [0.29, 0.717) is 44.2 Å². The molecule has 0 aliphatic carbocycles. The van der Waals surface area contributed by atoms with Gasteiger partial charge < -0.3 is 39.9 Å². The van der Waals surface area contributed by atoms with Crippen molar-refractivity contribution < 1.29 is 48.1 Å². The summed E-state index contributed by atoms with van der Waals surface area (Å²) >= 11 is 0. The SMILES string of the molecule is CCC(C)C(C(CC(=O)N1CCCC1C(OC)C(C)C(=O)NC(C)C(O)c1ccccc1)OC)N(C)C(=O)CNC(=O)C(C(C)C)N(C)C(=O)CCCCCN1C(=O)C=CC1=O. The zero-order valence-electron chi connectivity index (χ0n) is 38.5. The molecule has 1 aromatic carbocycles. The molecule has 2 heterocycles. The predicted molar refractivity (Wildman–Crippen MR) is 234 cm³/mol. The van der Waals surface area contributed by atoms with Crippen LogP contribution in [0.3, 0.4) is 0 Å². The molecule has 0 radical (unpaired) electrons. The van der Waals surface area contributed by atoms with Crippen molar-refractivity contribution in [2.45, 2.75) is 135 Å². The quantitative estimate of drug-likeness (QED) is 0.0971. The number of unbranched alkanes of at least 4 members (excludes halogenated alkanes) is 2. The number of aliphatic hydroxyl groups excluding tert-OH is 1. The molecular weight excluding hydrogens is 797 g/mol. The zero-order valence-corrected chi connectivity index (χ0v) is 38.5. The van der Waals surface area contributed by atoms with Crippen LogP contribution in [0.25, 0.3) is 0 Å². The Morgan fingerprint density at radius 2 is 1.52 bits per heavy atom. The maximum Gasteiger partial charge on any atom is 0.253 e. The highest BCUT2D eigenvalue weighted by atomic mass is 16.5. The fourth-order valence-electron chi connectivity index (χ4n) is 8.72. The Balaban J connectivity index is 1.60. The number of rotatable bonds is 25. The molecule has 1 fully saturated rings. The molecule has 16 nitrogen and oxygen atoms in total. The van der Waals surface area contributed by atoms with Gasteiger partial charge in [0.05, 0.1) is 55.3 Å². The van der Waals surface area contributed by atoms with E-state index in [0.717, 1.165) is 6.42 Å². The molecule has 346 valence electrons. The summed E-state index contributed by atoms with van der Waals surface area (Å²) in [7, 11) is 6.25. The van der Waals surface area contributed by atoms with Gasteiger partial charge in [0.1, 0.15) is 6.04 Å². The number of benzene rings is 1. The smallest absolute Gasteiger partial charge is 0.253 e. The number of methoxy groups -OCH3 is 2. The van der Waals surface area contributed by atoms with Crippen molar-refractivity contribution >= 4 is 41.4 Å². The summed E-state index contributed by atoms with van der Waals surface area (Å²) in [5.74, 6) is -3.23. The van der Waals surface area contributed by atoms with Crippen LogP contribution in [0.4, 0.5) is 0 Å². The molecule has 9 atom stereocenters. The maximum atomic E-state index is 14.2. The molecule has 3 N–H and O–H groups in total. The first kappa shape index (κ1) is 51.7. The first-order valence-electron chi connectivity index (χ1n) is 22.1. The van der Waals surface area contributed by atoms with Gasteiger partial charge >= 0.3 is 0 Å². The van der Waals surface area contributed by atoms with E-state index in [1.165, 1.54) is 41.1 Å². The summed E-state index contributed by atoms with van der Waals surface area (Å²) < 4.78 is 11.9. The molecule has 0 aromatic heterocycles. The van der Waals surface area contributed by atoms with Crippen molar-refractivity contribution in [1.82, 2.24) is 30.2 Å². The summed E-state index contributed by atoms with van der Waals surface area (Å²) in [6, 6.07) is 6.80. The number of hydrogen-bond donors (Lipinski definition) is 3. The lowest BCUT2D eigenvalue weighted by atomic mass is 9.90. The number of ether oxygens (including phenoxy) is 2. The second kappa shape index (κ2) is 24.8. The molecule has 2 aliphatic rings. The topological polar surface area (TPSA) is 195 Å². The standard InChI is InChI=1S/C46H72N6O10/c1-11-30(4)42(50(8)40(57)28-47-46(60)41(29(2)3)49(7)36(53)22-16-13-17-25-52-37(54)23-24-38(52)55)35(61-9)27-39(56)51-26-18-21-34(51)44(62-10)31(5)45(59)48-32(6)43(58)33-19-14-12-15-20-33/h12,14-15,19-20,23-24,29-32,34-35,41-44,58H,11,13,16-18,21-22,25-28H2,1-10H3,(H,47,60)(H,48,59). The predicted octanol–water partition coefficient (Wildman–Crippen LogP) is 3.23. The minimum atomic E-state index is -0.903. The lowest BCUT2D eigenvalue weighted by Crippen LogP contribution is -2.56. The highest BCUT2D eigenvalue weighted by Gasteiger charge is 2.42. The van der Waals surface area contributed by atoms with Gasteiger partial charge in [0.2, 0.25) is 29.5 Å². The van der Waals surface area contributed by atoms with Gasteiger partial charge in [0, 0.05) is 60.0 Å². The van der Waals surface area contributed by atoms with E-state index >= 15 is 0 Å². The molecule has 0 bridgehead atoms. The normalized spacial score (nSPS) is 19.1. The zero-order chi connectivity index (χ0) is 46.3. The number of likely N-dealkylation sites (N-methyl/N-ethyl adjacent to an activating group) is 2. The maximum absolute atomic E-state index is 14.2. The van der Waals surface area contributed by atoms with Crippen molar-refractivity contribution in [2.75, 3.05) is 47.9 Å². The number of carbonyl (C=O) groups excluding carboxylic acids is 7. The summed E-state index contributed by atoms with van der Waals surface area (Å²) in [4.78, 5) is 97.6. The second-order valence-corrected chi connectivity index (χ2v) is 17.2. The Morgan fingerprint density at radius 1 is 0.871 bits per heavy atom. The van der Waals surface area contributed by atoms with E-state index in [1.807, 2.05) is 45.9 Å². The summed E-state index contributed by atoms with van der Waals surface area (Å²) in [5, 5.41) is 16.5. The van der Waals surface area contributed by atoms with E-state index in [4.69, 9.17) is 9.47 Å². The fraction of sp³-hybridized carbons (Fsp3) is 0.674. The van der Waals surface area contributed by atoms with Gasteiger partial charge in [-0.2, -0.15) is 0 Å². The van der Waals surface area contributed by atoms with Gasteiger partial charge in [0.25, 0.3) is 11.8 Å². The van der Waals surface area contributed by atoms with Crippen LogP contribution in [0.15, 0.2) is 42.5 Å². The first-order valence-corrected chi connectivity index (χ1v) is 22.1. The van der Waals surface area contributed by atoms with Gasteiger partial charge in [-0.3, -0.25) is 38.5 Å². The van der Waals surface area contributed by atoms with Crippen LogP contribution in [0.1, 0.15) is 105 Å². The summed E-state index contributed by atoms with van der Waals surface area (Å²) in [6.07, 6.45) is 4.16. The lowest BCUT2D eigenvalue weighted by molar-refractivity contribution is -0.146. The van der Waals surface area contributed by atoms with Crippen LogP contribution >= 0.6 is 0 Å². The Morgan fingerprint density at radius 3 is 2.10 bits per heavy atom. The van der Waals surface area contributed by atoms with E-state index in [2.05, 4.69) is 10.6 Å². The minimum absolute atomic E-state index is 0.0304. The van der Waals surface area contributed by atoms with Crippen LogP contribution in [-0.4, -0.2) is 150 Å². The van der Waals surface area contributed by atoms with E-state index in [1.54, 1.807) is 45.0 Å². The van der Waals surface area contributed by atoms with Crippen LogP contribution in [0.2, 0.25) is 0 Å². The van der Waals surface area contributed by atoms with Gasteiger partial charge in [0.15, 0.2) is 0 Å². The Bertz CT molecular complexity index is 1690. The summed E-state index contributed by atoms with van der Waals surface area (Å²) in [6.45, 7) is 11.6. The van der Waals surface area contributed by atoms with Crippen molar-refractivity contribution in [2.24, 2.45) is 17.8 Å². The Kier molecular flexibility index (Phi) is 20.7. The van der Waals surface area contributed by atoms with Crippen LogP contribution < -0.4 is 10.6 Å². The molecule has 9 unspecified atom stereocenters. The largest absolute Gasteiger partial charge is 0.386 e. The molecule has 3 rings (SSSR count). The summed E-state index contributed by atoms with van der Waals surface area (Å²) in [5.41, 5.74) is 0.689. The Hall–Kier alpha value is -4.67. The number of nitrogens with zero attached hydrogens (tertiary/aromatic N) is 4. The molecular formula is C46H72N6O10. The van der Waals surface area contributed by atoms with Crippen LogP contribution in [0, 0.1) is 17.8 Å². The third-order valence-corrected chi connectivity index (χ3v) is 12.6. The number of hydrogen-bond acceptors (Lipinski definition) is 10. The molecule has 2 aliphatic heterocycles. The average molecular weight is 869 g/mol. The van der Waals surface area contributed by atoms with Gasteiger partial charge in [-0.1, -0.05) is 77.8 Å².